The zero-order valence-electron chi connectivity index (χ0n) is 10.4. The smallest absolute Gasteiger partial charge is 0.150 e. The Morgan fingerprint density at radius 3 is 2.74 bits per heavy atom. The molecule has 1 aromatic rings. The van der Waals surface area contributed by atoms with Crippen LogP contribution in [0.1, 0.15) is 12.0 Å². The molecule has 1 N–H and O–H groups in total. The number of sulfone groups is 1. The van der Waals surface area contributed by atoms with Gasteiger partial charge in [0.1, 0.15) is 5.82 Å². The molecule has 0 bridgehead atoms. The summed E-state index contributed by atoms with van der Waals surface area (Å²) in [4.78, 5) is 0. The van der Waals surface area contributed by atoms with Crippen LogP contribution in [0.25, 0.3) is 0 Å². The first-order valence-corrected chi connectivity index (χ1v) is 8.36. The Hall–Kier alpha value is -0.650. The Balaban J connectivity index is 2.09. The molecular weight excluding hydrogens is 291 g/mol. The van der Waals surface area contributed by atoms with Crippen molar-refractivity contribution in [2.24, 2.45) is 11.8 Å². The number of aliphatic hydroxyl groups is 1. The van der Waals surface area contributed by atoms with Crippen LogP contribution in [-0.4, -0.2) is 31.6 Å². The van der Waals surface area contributed by atoms with Crippen molar-refractivity contribution in [3.8, 4) is 0 Å². The SMILES string of the molecule is O=S1(=O)CCC(C(CO)Cc2ccc(Cl)c(F)c2)C1. The first-order valence-electron chi connectivity index (χ1n) is 6.16. The summed E-state index contributed by atoms with van der Waals surface area (Å²) in [5.74, 6) is -0.390. The summed E-state index contributed by atoms with van der Waals surface area (Å²) >= 11 is 5.61. The van der Waals surface area contributed by atoms with Gasteiger partial charge in [0.05, 0.1) is 16.5 Å². The van der Waals surface area contributed by atoms with E-state index in [9.17, 15) is 17.9 Å². The summed E-state index contributed by atoms with van der Waals surface area (Å²) in [6.45, 7) is -0.0928. The van der Waals surface area contributed by atoms with Crippen molar-refractivity contribution in [3.05, 3.63) is 34.6 Å². The molecular formula is C13H16ClFO3S. The third-order valence-electron chi connectivity index (χ3n) is 3.65. The Morgan fingerprint density at radius 2 is 2.21 bits per heavy atom. The number of rotatable bonds is 4. The fourth-order valence-electron chi connectivity index (χ4n) is 2.55. The van der Waals surface area contributed by atoms with Crippen molar-refractivity contribution in [2.75, 3.05) is 18.1 Å². The Kier molecular flexibility index (Phi) is 4.48. The van der Waals surface area contributed by atoms with Gasteiger partial charge in [-0.25, -0.2) is 12.8 Å². The van der Waals surface area contributed by atoms with Crippen molar-refractivity contribution >= 4 is 21.4 Å². The summed E-state index contributed by atoms with van der Waals surface area (Å²) < 4.78 is 36.3. The third kappa shape index (κ3) is 3.68. The molecule has 1 aliphatic rings. The summed E-state index contributed by atoms with van der Waals surface area (Å²) in [7, 11) is -2.96. The lowest BCUT2D eigenvalue weighted by molar-refractivity contribution is 0.184. The number of aliphatic hydroxyl groups excluding tert-OH is 1. The van der Waals surface area contributed by atoms with E-state index < -0.39 is 15.7 Å². The van der Waals surface area contributed by atoms with Gasteiger partial charge < -0.3 is 5.11 Å². The van der Waals surface area contributed by atoms with E-state index in [1.807, 2.05) is 0 Å². The number of benzene rings is 1. The Bertz CT molecular complexity index is 559. The van der Waals surface area contributed by atoms with E-state index >= 15 is 0 Å². The summed E-state index contributed by atoms with van der Waals surface area (Å²) in [5, 5.41) is 9.49. The quantitative estimate of drug-likeness (QED) is 0.926. The fourth-order valence-corrected chi connectivity index (χ4v) is 4.58. The van der Waals surface area contributed by atoms with E-state index in [0.717, 1.165) is 5.56 Å². The van der Waals surface area contributed by atoms with Gasteiger partial charge in [-0.2, -0.15) is 0 Å². The van der Waals surface area contributed by atoms with Crippen LogP contribution in [0.2, 0.25) is 5.02 Å². The zero-order chi connectivity index (χ0) is 14.0. The van der Waals surface area contributed by atoms with E-state index in [1.165, 1.54) is 12.1 Å². The second kappa shape index (κ2) is 5.77. The molecule has 19 heavy (non-hydrogen) atoms. The molecule has 1 saturated heterocycles. The molecule has 0 amide bonds. The molecule has 2 atom stereocenters. The maximum Gasteiger partial charge on any atom is 0.150 e. The van der Waals surface area contributed by atoms with Crippen molar-refractivity contribution in [1.29, 1.82) is 0 Å². The van der Waals surface area contributed by atoms with Crippen LogP contribution < -0.4 is 0 Å². The highest BCUT2D eigenvalue weighted by Crippen LogP contribution is 2.29. The van der Waals surface area contributed by atoms with Crippen LogP contribution in [0.4, 0.5) is 4.39 Å². The summed E-state index contributed by atoms with van der Waals surface area (Å²) in [6, 6.07) is 4.53. The maximum absolute atomic E-state index is 13.3. The van der Waals surface area contributed by atoms with Crippen molar-refractivity contribution in [3.63, 3.8) is 0 Å². The van der Waals surface area contributed by atoms with Crippen molar-refractivity contribution in [1.82, 2.24) is 0 Å². The van der Waals surface area contributed by atoms with Crippen LogP contribution in [0.3, 0.4) is 0 Å². The number of hydrogen-bond acceptors (Lipinski definition) is 3. The second-order valence-electron chi connectivity index (χ2n) is 5.06. The third-order valence-corrected chi connectivity index (χ3v) is 5.75. The van der Waals surface area contributed by atoms with Crippen LogP contribution in [0.15, 0.2) is 18.2 Å². The van der Waals surface area contributed by atoms with Gasteiger partial charge in [-0.3, -0.25) is 0 Å². The van der Waals surface area contributed by atoms with Crippen molar-refractivity contribution in [2.45, 2.75) is 12.8 Å². The zero-order valence-corrected chi connectivity index (χ0v) is 11.9. The highest BCUT2D eigenvalue weighted by Gasteiger charge is 2.33. The lowest BCUT2D eigenvalue weighted by atomic mass is 9.87. The van der Waals surface area contributed by atoms with Gasteiger partial charge in [-0.05, 0) is 42.4 Å². The van der Waals surface area contributed by atoms with Gasteiger partial charge in [0.25, 0.3) is 0 Å². The standard InChI is InChI=1S/C13H16ClFO3S/c14-12-2-1-9(6-13(12)15)5-11(7-16)10-3-4-19(17,18)8-10/h1-2,6,10-11,16H,3-5,7-8H2. The largest absolute Gasteiger partial charge is 0.396 e. The number of halogens is 2. The van der Waals surface area contributed by atoms with E-state index in [4.69, 9.17) is 11.6 Å². The van der Waals surface area contributed by atoms with Crippen LogP contribution in [0, 0.1) is 17.7 Å². The highest BCUT2D eigenvalue weighted by molar-refractivity contribution is 7.91. The molecule has 0 radical (unpaired) electrons. The molecule has 106 valence electrons. The molecule has 2 unspecified atom stereocenters. The first kappa shape index (κ1) is 14.8. The molecule has 1 heterocycles. The summed E-state index contributed by atoms with van der Waals surface area (Å²) in [6.07, 6.45) is 1.04. The maximum atomic E-state index is 13.3. The molecule has 0 aliphatic carbocycles. The van der Waals surface area contributed by atoms with Crippen molar-refractivity contribution < 1.29 is 17.9 Å². The first-order chi connectivity index (χ1) is 8.91. The topological polar surface area (TPSA) is 54.4 Å². The van der Waals surface area contributed by atoms with Gasteiger partial charge in [0.15, 0.2) is 9.84 Å². The average molecular weight is 307 g/mol. The van der Waals surface area contributed by atoms with Crippen LogP contribution in [-0.2, 0) is 16.3 Å². The molecule has 6 heteroatoms. The highest BCUT2D eigenvalue weighted by atomic mass is 35.5. The lowest BCUT2D eigenvalue weighted by Gasteiger charge is -2.20. The molecule has 0 aromatic heterocycles. The molecule has 1 aliphatic heterocycles. The fraction of sp³-hybridized carbons (Fsp3) is 0.538. The summed E-state index contributed by atoms with van der Waals surface area (Å²) in [5.41, 5.74) is 0.727. The van der Waals surface area contributed by atoms with E-state index in [1.54, 1.807) is 6.07 Å². The number of hydrogen-bond donors (Lipinski definition) is 1. The minimum atomic E-state index is -2.96. The minimum absolute atomic E-state index is 0.0475. The predicted molar refractivity (Wildman–Crippen MR) is 72.5 cm³/mol. The van der Waals surface area contributed by atoms with E-state index in [0.29, 0.717) is 12.8 Å². The van der Waals surface area contributed by atoms with Gasteiger partial charge >= 0.3 is 0 Å². The molecule has 0 saturated carbocycles. The molecule has 0 spiro atoms. The van der Waals surface area contributed by atoms with Gasteiger partial charge in [0.2, 0.25) is 0 Å². The monoisotopic (exact) mass is 306 g/mol. The normalized spacial score (nSPS) is 23.4. The molecule has 1 fully saturated rings. The van der Waals surface area contributed by atoms with Crippen LogP contribution >= 0.6 is 11.6 Å². The van der Waals surface area contributed by atoms with E-state index in [-0.39, 0.29) is 35.0 Å². The minimum Gasteiger partial charge on any atom is -0.396 e. The van der Waals surface area contributed by atoms with Crippen LogP contribution in [0.5, 0.6) is 0 Å². The van der Waals surface area contributed by atoms with E-state index in [2.05, 4.69) is 0 Å². The van der Waals surface area contributed by atoms with Gasteiger partial charge in [-0.1, -0.05) is 17.7 Å². The molecule has 2 rings (SSSR count). The van der Waals surface area contributed by atoms with Gasteiger partial charge in [0, 0.05) is 6.61 Å². The molecule has 3 nitrogen and oxygen atoms in total. The lowest BCUT2D eigenvalue weighted by Crippen LogP contribution is -2.22. The Morgan fingerprint density at radius 1 is 1.47 bits per heavy atom. The van der Waals surface area contributed by atoms with Gasteiger partial charge in [-0.15, -0.1) is 0 Å². The Labute approximate surface area is 117 Å². The average Bonchev–Trinajstić information content (AvgIpc) is 2.71. The molecule has 1 aromatic carbocycles. The second-order valence-corrected chi connectivity index (χ2v) is 7.69. The predicted octanol–water partition coefficient (Wildman–Crippen LogP) is 2.06.